The summed E-state index contributed by atoms with van der Waals surface area (Å²) in [6.07, 6.45) is 0. The number of sulfonamides is 1. The average Bonchev–Trinajstić information content (AvgIpc) is 2.46. The van der Waals surface area contributed by atoms with E-state index in [1.165, 1.54) is 0 Å². The Bertz CT molecular complexity index is 730. The Balaban J connectivity index is 2.49. The van der Waals surface area contributed by atoms with Gasteiger partial charge in [-0.05, 0) is 30.5 Å². The molecule has 0 saturated carbocycles. The summed E-state index contributed by atoms with van der Waals surface area (Å²) in [5, 5.41) is 0. The van der Waals surface area contributed by atoms with Gasteiger partial charge in [-0.1, -0.05) is 61.9 Å². The van der Waals surface area contributed by atoms with Crippen molar-refractivity contribution in [3.8, 4) is 0 Å². The molecule has 0 heterocycles. The van der Waals surface area contributed by atoms with E-state index in [0.29, 0.717) is 5.71 Å². The summed E-state index contributed by atoms with van der Waals surface area (Å²) in [6, 6.07) is 16.2. The summed E-state index contributed by atoms with van der Waals surface area (Å²) < 4.78 is 29.0. The molecule has 0 aliphatic heterocycles. The molecule has 0 unspecified atom stereocenters. The second kappa shape index (κ2) is 6.22. The van der Waals surface area contributed by atoms with Gasteiger partial charge in [0.15, 0.2) is 0 Å². The largest absolute Gasteiger partial charge is 0.282 e. The number of rotatable bonds is 4. The lowest BCUT2D eigenvalue weighted by molar-refractivity contribution is 0.597. The number of benzene rings is 2. The van der Waals surface area contributed by atoms with Crippen LogP contribution in [-0.4, -0.2) is 14.1 Å². The van der Waals surface area contributed by atoms with E-state index in [4.69, 9.17) is 0 Å². The zero-order chi connectivity index (χ0) is 15.5. The van der Waals surface area contributed by atoms with E-state index in [2.05, 4.69) is 4.40 Å². The molecule has 0 aliphatic carbocycles. The van der Waals surface area contributed by atoms with Crippen LogP contribution in [0.15, 0.2) is 63.9 Å². The number of hydrogen-bond acceptors (Lipinski definition) is 2. The maximum atomic E-state index is 12.4. The van der Waals surface area contributed by atoms with E-state index in [0.717, 1.165) is 11.1 Å². The Morgan fingerprint density at radius 1 is 0.952 bits per heavy atom. The third-order valence-corrected chi connectivity index (χ3v) is 4.46. The summed E-state index contributed by atoms with van der Waals surface area (Å²) in [5.74, 6) is 0.0209. The molecule has 0 saturated heterocycles. The van der Waals surface area contributed by atoms with Gasteiger partial charge in [-0.25, -0.2) is 0 Å². The third kappa shape index (κ3) is 3.79. The first-order valence-electron chi connectivity index (χ1n) is 6.87. The van der Waals surface area contributed by atoms with Crippen molar-refractivity contribution in [1.82, 2.24) is 0 Å². The topological polar surface area (TPSA) is 46.5 Å². The minimum Gasteiger partial charge on any atom is -0.199 e. The average molecular weight is 301 g/mol. The highest BCUT2D eigenvalue weighted by Gasteiger charge is 2.17. The second-order valence-corrected chi connectivity index (χ2v) is 6.89. The van der Waals surface area contributed by atoms with Crippen LogP contribution in [0.25, 0.3) is 0 Å². The van der Waals surface area contributed by atoms with E-state index >= 15 is 0 Å². The monoisotopic (exact) mass is 301 g/mol. The summed E-state index contributed by atoms with van der Waals surface area (Å²) >= 11 is 0. The van der Waals surface area contributed by atoms with Crippen molar-refractivity contribution >= 4 is 15.7 Å². The minimum absolute atomic E-state index is 0.0209. The molecule has 0 aromatic heterocycles. The highest BCUT2D eigenvalue weighted by molar-refractivity contribution is 7.90. The van der Waals surface area contributed by atoms with Gasteiger partial charge in [0.2, 0.25) is 0 Å². The van der Waals surface area contributed by atoms with Crippen molar-refractivity contribution < 1.29 is 8.42 Å². The van der Waals surface area contributed by atoms with Crippen LogP contribution < -0.4 is 0 Å². The lowest BCUT2D eigenvalue weighted by atomic mass is 10.0. The lowest BCUT2D eigenvalue weighted by Gasteiger charge is -2.10. The van der Waals surface area contributed by atoms with Gasteiger partial charge < -0.3 is 0 Å². The molecule has 0 aliphatic rings. The molecule has 0 spiro atoms. The van der Waals surface area contributed by atoms with E-state index in [1.807, 2.05) is 51.1 Å². The number of aryl methyl sites for hydroxylation is 1. The molecular weight excluding hydrogens is 282 g/mol. The molecular formula is C17H19NO2S. The quantitative estimate of drug-likeness (QED) is 0.806. The molecule has 0 radical (unpaired) electrons. The molecule has 4 heteroatoms. The van der Waals surface area contributed by atoms with Gasteiger partial charge in [-0.2, -0.15) is 12.8 Å². The molecule has 0 atom stereocenters. The van der Waals surface area contributed by atoms with Crippen LogP contribution in [0.4, 0.5) is 0 Å². The maximum absolute atomic E-state index is 12.4. The van der Waals surface area contributed by atoms with Gasteiger partial charge in [0, 0.05) is 0 Å². The molecule has 0 fully saturated rings. The third-order valence-electron chi connectivity index (χ3n) is 3.15. The van der Waals surface area contributed by atoms with Gasteiger partial charge >= 0.3 is 0 Å². The summed E-state index contributed by atoms with van der Waals surface area (Å²) in [7, 11) is -3.68. The predicted molar refractivity (Wildman–Crippen MR) is 86.2 cm³/mol. The van der Waals surface area contributed by atoms with Crippen molar-refractivity contribution in [2.75, 3.05) is 0 Å². The zero-order valence-corrected chi connectivity index (χ0v) is 13.3. The second-order valence-electron chi connectivity index (χ2n) is 5.29. The highest BCUT2D eigenvalue weighted by atomic mass is 32.2. The van der Waals surface area contributed by atoms with Crippen molar-refractivity contribution in [1.29, 1.82) is 0 Å². The van der Waals surface area contributed by atoms with Gasteiger partial charge in [-0.3, -0.25) is 0 Å². The maximum Gasteiger partial charge on any atom is 0.282 e. The normalized spacial score (nSPS) is 12.7. The Labute approximate surface area is 126 Å². The first kappa shape index (κ1) is 15.4. The van der Waals surface area contributed by atoms with Crippen LogP contribution in [0.2, 0.25) is 0 Å². The highest BCUT2D eigenvalue weighted by Crippen LogP contribution is 2.17. The van der Waals surface area contributed by atoms with E-state index in [9.17, 15) is 8.42 Å². The molecule has 3 nitrogen and oxygen atoms in total. The van der Waals surface area contributed by atoms with Crippen molar-refractivity contribution in [2.24, 2.45) is 10.3 Å². The predicted octanol–water partition coefficient (Wildman–Crippen LogP) is 3.83. The molecule has 2 aromatic rings. The first-order chi connectivity index (χ1) is 9.90. The smallest absolute Gasteiger partial charge is 0.199 e. The summed E-state index contributed by atoms with van der Waals surface area (Å²) in [4.78, 5) is 0.224. The van der Waals surface area contributed by atoms with E-state index in [-0.39, 0.29) is 10.8 Å². The molecule has 2 rings (SSSR count). The van der Waals surface area contributed by atoms with Gasteiger partial charge in [0.25, 0.3) is 10.0 Å². The fraction of sp³-hybridized carbons (Fsp3) is 0.235. The van der Waals surface area contributed by atoms with Crippen LogP contribution in [0, 0.1) is 12.8 Å². The van der Waals surface area contributed by atoms with Crippen LogP contribution in [0.5, 0.6) is 0 Å². The first-order valence-corrected chi connectivity index (χ1v) is 8.31. The van der Waals surface area contributed by atoms with Gasteiger partial charge in [-0.15, -0.1) is 0 Å². The Morgan fingerprint density at radius 3 is 2.05 bits per heavy atom. The van der Waals surface area contributed by atoms with Gasteiger partial charge in [0.05, 0.1) is 10.6 Å². The van der Waals surface area contributed by atoms with E-state index < -0.39 is 10.0 Å². The van der Waals surface area contributed by atoms with Gasteiger partial charge in [0.1, 0.15) is 0 Å². The Kier molecular flexibility index (Phi) is 4.58. The number of hydrogen-bond donors (Lipinski definition) is 0. The van der Waals surface area contributed by atoms with Crippen LogP contribution in [0.1, 0.15) is 25.0 Å². The fourth-order valence-electron chi connectivity index (χ4n) is 1.99. The molecule has 0 N–H and O–H groups in total. The van der Waals surface area contributed by atoms with E-state index in [1.54, 1.807) is 24.3 Å². The van der Waals surface area contributed by atoms with Crippen LogP contribution >= 0.6 is 0 Å². The lowest BCUT2D eigenvalue weighted by Crippen LogP contribution is -2.12. The minimum atomic E-state index is -3.68. The van der Waals surface area contributed by atoms with Crippen LogP contribution in [-0.2, 0) is 10.0 Å². The SMILES string of the molecule is Cc1ccc(S(=O)(=O)/N=C(/c2ccccc2)C(C)C)cc1. The zero-order valence-electron chi connectivity index (χ0n) is 12.4. The number of nitrogens with zero attached hydrogens (tertiary/aromatic N) is 1. The fourth-order valence-corrected chi connectivity index (χ4v) is 3.15. The Morgan fingerprint density at radius 2 is 1.52 bits per heavy atom. The summed E-state index contributed by atoms with van der Waals surface area (Å²) in [5.41, 5.74) is 2.43. The molecule has 2 aromatic carbocycles. The van der Waals surface area contributed by atoms with Crippen molar-refractivity contribution in [3.63, 3.8) is 0 Å². The molecule has 0 bridgehead atoms. The molecule has 21 heavy (non-hydrogen) atoms. The standard InChI is InChI=1S/C17H19NO2S/c1-13(2)17(15-7-5-4-6-8-15)18-21(19,20)16-11-9-14(3)10-12-16/h4-13H,1-3H3/b18-17+. The van der Waals surface area contributed by atoms with Crippen molar-refractivity contribution in [2.45, 2.75) is 25.7 Å². The van der Waals surface area contributed by atoms with Crippen molar-refractivity contribution in [3.05, 3.63) is 65.7 Å². The Hall–Kier alpha value is -1.94. The molecule has 110 valence electrons. The van der Waals surface area contributed by atoms with Crippen LogP contribution in [0.3, 0.4) is 0 Å². The molecule has 0 amide bonds. The summed E-state index contributed by atoms with van der Waals surface area (Å²) in [6.45, 7) is 5.80.